The quantitative estimate of drug-likeness (QED) is 0.857. The van der Waals surface area contributed by atoms with Gasteiger partial charge in [0.2, 0.25) is 5.88 Å². The Balaban J connectivity index is 2.11. The number of carbonyl (C=O) groups is 2. The number of aliphatic hydroxyl groups is 1. The van der Waals surface area contributed by atoms with Crippen LogP contribution in [0.1, 0.15) is 5.56 Å². The van der Waals surface area contributed by atoms with Crippen LogP contribution in [-0.2, 0) is 16.0 Å². The summed E-state index contributed by atoms with van der Waals surface area (Å²) in [5.41, 5.74) is 4.09. The number of nitrogens with one attached hydrogen (secondary N) is 1. The van der Waals surface area contributed by atoms with Gasteiger partial charge in [0.05, 0.1) is 13.0 Å². The van der Waals surface area contributed by atoms with Gasteiger partial charge in [-0.3, -0.25) is 10.2 Å². The Hall–Kier alpha value is -3.53. The van der Waals surface area contributed by atoms with Crippen molar-refractivity contribution in [3.8, 4) is 6.07 Å². The van der Waals surface area contributed by atoms with Gasteiger partial charge in [0.1, 0.15) is 11.8 Å². The Labute approximate surface area is 144 Å². The Morgan fingerprint density at radius 3 is 2.72 bits per heavy atom. The topological polar surface area (TPSA) is 103 Å². The Kier molecular flexibility index (Phi) is 4.27. The third-order valence-corrected chi connectivity index (χ3v) is 4.09. The number of ketones is 1. The van der Waals surface area contributed by atoms with Crippen LogP contribution in [0.4, 0.5) is 4.79 Å². The summed E-state index contributed by atoms with van der Waals surface area (Å²) < 4.78 is 4.61. The van der Waals surface area contributed by atoms with E-state index >= 15 is 0 Å². The fourth-order valence-corrected chi connectivity index (χ4v) is 2.90. The predicted molar refractivity (Wildman–Crippen MR) is 87.5 cm³/mol. The van der Waals surface area contributed by atoms with Crippen molar-refractivity contribution < 1.29 is 19.4 Å². The van der Waals surface area contributed by atoms with E-state index in [1.807, 2.05) is 36.4 Å². The summed E-state index contributed by atoms with van der Waals surface area (Å²) in [4.78, 5) is 24.3. The van der Waals surface area contributed by atoms with Gasteiger partial charge in [0.15, 0.2) is 5.78 Å². The molecule has 126 valence electrons. The van der Waals surface area contributed by atoms with E-state index in [4.69, 9.17) is 0 Å². The molecule has 1 unspecified atom stereocenters. The first-order chi connectivity index (χ1) is 12.1. The number of ether oxygens (including phenoxy) is 1. The minimum absolute atomic E-state index is 0.0556. The van der Waals surface area contributed by atoms with Crippen LogP contribution in [0.25, 0.3) is 0 Å². The fourth-order valence-electron chi connectivity index (χ4n) is 2.90. The minimum Gasteiger partial charge on any atom is -0.493 e. The summed E-state index contributed by atoms with van der Waals surface area (Å²) in [5, 5.41) is 20.6. The zero-order valence-electron chi connectivity index (χ0n) is 13.4. The van der Waals surface area contributed by atoms with Gasteiger partial charge in [-0.05, 0) is 24.1 Å². The number of nitrogens with zero attached hydrogens (tertiary/aromatic N) is 2. The van der Waals surface area contributed by atoms with Crippen molar-refractivity contribution in [2.45, 2.75) is 6.42 Å². The third kappa shape index (κ3) is 2.85. The number of hydrogen-bond donors (Lipinski definition) is 2. The molecular formula is C18H15N3O4. The number of methoxy groups -OCH3 is 1. The second kappa shape index (κ2) is 6.53. The van der Waals surface area contributed by atoms with Crippen molar-refractivity contribution in [2.24, 2.45) is 5.92 Å². The van der Waals surface area contributed by atoms with E-state index in [0.29, 0.717) is 12.0 Å². The highest BCUT2D eigenvalue weighted by Crippen LogP contribution is 2.36. The second-order valence-corrected chi connectivity index (χ2v) is 5.53. The minimum atomic E-state index is -0.891. The number of nitriles is 1. The molecule has 1 amide bonds. The number of aliphatic hydroxyl groups excluding tert-OH is 1. The molecule has 1 atom stereocenters. The lowest BCUT2D eigenvalue weighted by Gasteiger charge is -2.33. The van der Waals surface area contributed by atoms with Gasteiger partial charge in [0, 0.05) is 11.1 Å². The summed E-state index contributed by atoms with van der Waals surface area (Å²) in [7, 11) is 1.15. The molecular weight excluding hydrogens is 322 g/mol. The zero-order valence-corrected chi connectivity index (χ0v) is 13.4. The molecule has 1 aromatic carbocycles. The average molecular weight is 337 g/mol. The van der Waals surface area contributed by atoms with E-state index in [9.17, 15) is 20.0 Å². The average Bonchev–Trinajstić information content (AvgIpc) is 2.64. The van der Waals surface area contributed by atoms with Crippen LogP contribution in [0.5, 0.6) is 0 Å². The van der Waals surface area contributed by atoms with E-state index in [2.05, 4.69) is 10.2 Å². The molecule has 0 spiro atoms. The van der Waals surface area contributed by atoms with Crippen molar-refractivity contribution in [3.63, 3.8) is 0 Å². The number of rotatable bonds is 2. The van der Waals surface area contributed by atoms with Crippen molar-refractivity contribution >= 4 is 11.9 Å². The Morgan fingerprint density at radius 2 is 2.08 bits per heavy atom. The molecule has 1 heterocycles. The molecule has 7 heteroatoms. The van der Waals surface area contributed by atoms with Crippen molar-refractivity contribution in [1.82, 2.24) is 10.4 Å². The second-order valence-electron chi connectivity index (χ2n) is 5.53. The molecule has 0 radical (unpaired) electrons. The molecule has 1 aliphatic carbocycles. The molecule has 0 aromatic heterocycles. The van der Waals surface area contributed by atoms with E-state index < -0.39 is 17.9 Å². The summed E-state index contributed by atoms with van der Waals surface area (Å²) in [6.07, 6.45) is 2.29. The van der Waals surface area contributed by atoms with Gasteiger partial charge in [0.25, 0.3) is 0 Å². The standard InChI is InChI=1S/C18H15N3O4/c1-25-18(24)21-17(23)16-12(14(10-19)20-21)7-8-15(22)13(16)9-11-5-3-2-4-6-11/h2-8,13,20,23H,9H2,1H3. The molecule has 2 N–H and O–H groups in total. The summed E-state index contributed by atoms with van der Waals surface area (Å²) in [6.45, 7) is 0. The highest BCUT2D eigenvalue weighted by molar-refractivity contribution is 5.98. The Bertz CT molecular complexity index is 862. The first-order valence-corrected chi connectivity index (χ1v) is 7.55. The number of hydrazine groups is 1. The Morgan fingerprint density at radius 1 is 1.36 bits per heavy atom. The summed E-state index contributed by atoms with van der Waals surface area (Å²) in [6, 6.07) is 11.3. The molecule has 0 saturated heterocycles. The van der Waals surface area contributed by atoms with Crippen LogP contribution < -0.4 is 5.43 Å². The molecule has 25 heavy (non-hydrogen) atoms. The maximum atomic E-state index is 12.4. The van der Waals surface area contributed by atoms with E-state index in [-0.39, 0.29) is 17.1 Å². The lowest BCUT2D eigenvalue weighted by atomic mass is 9.79. The molecule has 2 aliphatic rings. The lowest BCUT2D eigenvalue weighted by molar-refractivity contribution is -0.117. The van der Waals surface area contributed by atoms with Crippen LogP contribution >= 0.6 is 0 Å². The SMILES string of the molecule is COC(=O)N1NC(C#N)=C2C=CC(=O)C(Cc3ccccc3)C2=C1O. The molecule has 3 rings (SSSR count). The fraction of sp³-hybridized carbons (Fsp3) is 0.167. The summed E-state index contributed by atoms with van der Waals surface area (Å²) in [5.74, 6) is -1.36. The highest BCUT2D eigenvalue weighted by atomic mass is 16.6. The highest BCUT2D eigenvalue weighted by Gasteiger charge is 2.38. The molecule has 0 bridgehead atoms. The normalized spacial score (nSPS) is 19.3. The van der Waals surface area contributed by atoms with Gasteiger partial charge in [-0.15, -0.1) is 0 Å². The third-order valence-electron chi connectivity index (χ3n) is 4.09. The maximum absolute atomic E-state index is 12.4. The molecule has 0 saturated carbocycles. The first-order valence-electron chi connectivity index (χ1n) is 7.55. The largest absolute Gasteiger partial charge is 0.493 e. The predicted octanol–water partition coefficient (Wildman–Crippen LogP) is 2.12. The van der Waals surface area contributed by atoms with Crippen molar-refractivity contribution in [3.05, 3.63) is 70.8 Å². The van der Waals surface area contributed by atoms with Crippen LogP contribution in [0.3, 0.4) is 0 Å². The molecule has 7 nitrogen and oxygen atoms in total. The van der Waals surface area contributed by atoms with E-state index in [1.54, 1.807) is 0 Å². The van der Waals surface area contributed by atoms with Crippen LogP contribution in [0, 0.1) is 17.2 Å². The number of allylic oxidation sites excluding steroid dienone is 5. The van der Waals surface area contributed by atoms with Gasteiger partial charge < -0.3 is 9.84 Å². The number of fused-ring (bicyclic) bond motifs is 1. The van der Waals surface area contributed by atoms with Gasteiger partial charge in [-0.1, -0.05) is 30.3 Å². The zero-order chi connectivity index (χ0) is 18.0. The monoisotopic (exact) mass is 337 g/mol. The number of amides is 1. The molecule has 1 aliphatic heterocycles. The number of benzene rings is 1. The van der Waals surface area contributed by atoms with Crippen LogP contribution in [0.2, 0.25) is 0 Å². The van der Waals surface area contributed by atoms with Gasteiger partial charge in [-0.2, -0.15) is 10.3 Å². The number of hydrogen-bond acceptors (Lipinski definition) is 6. The van der Waals surface area contributed by atoms with Crippen LogP contribution in [0.15, 0.2) is 65.2 Å². The van der Waals surface area contributed by atoms with E-state index in [0.717, 1.165) is 17.7 Å². The maximum Gasteiger partial charge on any atom is 0.435 e. The molecule has 0 fully saturated rings. The van der Waals surface area contributed by atoms with Gasteiger partial charge in [-0.25, -0.2) is 4.79 Å². The number of carbonyl (C=O) groups excluding carboxylic acids is 2. The first kappa shape index (κ1) is 16.3. The van der Waals surface area contributed by atoms with E-state index in [1.165, 1.54) is 12.2 Å². The lowest BCUT2D eigenvalue weighted by Crippen LogP contribution is -2.46. The molecule has 1 aromatic rings. The van der Waals surface area contributed by atoms with Crippen LogP contribution in [-0.4, -0.2) is 29.1 Å². The van der Waals surface area contributed by atoms with Crippen molar-refractivity contribution in [1.29, 1.82) is 5.26 Å². The van der Waals surface area contributed by atoms with Crippen molar-refractivity contribution in [2.75, 3.05) is 7.11 Å². The summed E-state index contributed by atoms with van der Waals surface area (Å²) >= 11 is 0. The van der Waals surface area contributed by atoms with Gasteiger partial charge >= 0.3 is 6.09 Å². The smallest absolute Gasteiger partial charge is 0.435 e.